The van der Waals surface area contributed by atoms with Crippen LogP contribution in [0.15, 0.2) is 60.7 Å². The maximum absolute atomic E-state index is 19.2. The highest BCUT2D eigenvalue weighted by atomic mass is 19.1. The fourth-order valence-corrected chi connectivity index (χ4v) is 10.4. The van der Waals surface area contributed by atoms with E-state index in [1.807, 2.05) is 0 Å². The molecule has 0 atom stereocenters. The normalized spacial score (nSPS) is 22.4. The van der Waals surface area contributed by atoms with E-state index < -0.39 is 6.42 Å². The smallest absolute Gasteiger partial charge is 0.236 e. The molecule has 3 heteroatoms. The molecule has 0 bridgehead atoms. The van der Waals surface area contributed by atoms with Crippen molar-refractivity contribution >= 4 is 45.9 Å². The predicted octanol–water partition coefficient (Wildman–Crippen LogP) is 4.01. The predicted molar refractivity (Wildman–Crippen MR) is 165 cm³/mol. The Hall–Kier alpha value is -3.06. The second kappa shape index (κ2) is 5.99. The quantitative estimate of drug-likeness (QED) is 0.316. The van der Waals surface area contributed by atoms with Crippen LogP contribution in [0, 0.1) is 0 Å². The summed E-state index contributed by atoms with van der Waals surface area (Å²) >= 11 is 0. The topological polar surface area (TPSA) is 0 Å². The molecule has 0 unspecified atom stereocenters. The zero-order chi connectivity index (χ0) is 27.2. The lowest BCUT2D eigenvalue weighted by molar-refractivity contribution is 0.601. The Kier molecular flexibility index (Phi) is 3.49. The summed E-state index contributed by atoms with van der Waals surface area (Å²) in [7, 11) is 0. The molecule has 0 spiro atoms. The molecule has 5 heterocycles. The first kappa shape index (κ1) is 22.7. The van der Waals surface area contributed by atoms with Gasteiger partial charge in [-0.3, -0.25) is 0 Å². The lowest BCUT2D eigenvalue weighted by Gasteiger charge is -2.63. The number of benzene rings is 4. The van der Waals surface area contributed by atoms with Crippen molar-refractivity contribution in [1.82, 2.24) is 0 Å². The SMILES string of the molecule is CC1(C)c2cccc3c2B2c4c1ccc1c4[B-]4(F)c5c(cccc5C(C)(C)c5ccc(c2c54)C3(C)C)C1(C)C. The van der Waals surface area contributed by atoms with Crippen LogP contribution in [0.2, 0.25) is 0 Å². The van der Waals surface area contributed by atoms with Crippen LogP contribution in [0.25, 0.3) is 0 Å². The van der Waals surface area contributed by atoms with Crippen molar-refractivity contribution in [3.05, 3.63) is 105 Å². The Morgan fingerprint density at radius 3 is 1.18 bits per heavy atom. The van der Waals surface area contributed by atoms with Gasteiger partial charge in [0.15, 0.2) is 0 Å². The van der Waals surface area contributed by atoms with E-state index in [-0.39, 0.29) is 28.4 Å². The van der Waals surface area contributed by atoms with Gasteiger partial charge in [-0.15, -0.1) is 0 Å². The molecule has 39 heavy (non-hydrogen) atoms. The van der Waals surface area contributed by atoms with Gasteiger partial charge in [0.2, 0.25) is 13.1 Å². The molecule has 0 aliphatic carbocycles. The zero-order valence-electron chi connectivity index (χ0n) is 24.3. The maximum Gasteiger partial charge on any atom is 0.236 e. The molecule has 0 saturated heterocycles. The molecule has 4 aromatic rings. The Labute approximate surface area is 232 Å². The van der Waals surface area contributed by atoms with Gasteiger partial charge in [0.05, 0.1) is 0 Å². The molecule has 0 amide bonds. The third-order valence-corrected chi connectivity index (χ3v) is 12.2. The average Bonchev–Trinajstić information content (AvgIpc) is 2.89. The Morgan fingerprint density at radius 1 is 0.436 bits per heavy atom. The molecular formula is C36H34B2F-. The summed E-state index contributed by atoms with van der Waals surface area (Å²) in [5.74, 6) is 0. The van der Waals surface area contributed by atoms with Gasteiger partial charge in [-0.25, -0.2) is 0 Å². The van der Waals surface area contributed by atoms with Gasteiger partial charge in [-0.05, 0) is 22.3 Å². The molecule has 0 radical (unpaired) electrons. The number of hydrogen-bond donors (Lipinski definition) is 0. The van der Waals surface area contributed by atoms with Crippen molar-refractivity contribution in [2.24, 2.45) is 0 Å². The first-order chi connectivity index (χ1) is 18.3. The summed E-state index contributed by atoms with van der Waals surface area (Å²) in [5.41, 5.74) is 16.3. The van der Waals surface area contributed by atoms with Crippen LogP contribution in [-0.4, -0.2) is 13.1 Å². The summed E-state index contributed by atoms with van der Waals surface area (Å²) in [6, 6.07) is 22.9. The van der Waals surface area contributed by atoms with Crippen LogP contribution in [-0.2, 0) is 21.7 Å². The van der Waals surface area contributed by atoms with Gasteiger partial charge in [0.1, 0.15) is 0 Å². The van der Waals surface area contributed by atoms with E-state index in [0.29, 0.717) is 0 Å². The van der Waals surface area contributed by atoms with E-state index >= 15 is 4.32 Å². The largest absolute Gasteiger partial charge is 0.498 e. The molecule has 0 N–H and O–H groups in total. The van der Waals surface area contributed by atoms with E-state index in [2.05, 4.69) is 116 Å². The van der Waals surface area contributed by atoms with E-state index in [0.717, 1.165) is 16.4 Å². The minimum Gasteiger partial charge on any atom is -0.498 e. The van der Waals surface area contributed by atoms with E-state index in [1.165, 1.54) is 60.9 Å². The Morgan fingerprint density at radius 2 is 0.744 bits per heavy atom. The Bertz CT molecular complexity index is 1760. The zero-order valence-corrected chi connectivity index (χ0v) is 24.3. The van der Waals surface area contributed by atoms with Gasteiger partial charge >= 0.3 is 0 Å². The number of halogens is 1. The minimum atomic E-state index is -2.61. The fourth-order valence-electron chi connectivity index (χ4n) is 10.4. The number of rotatable bonds is 0. The van der Waals surface area contributed by atoms with Crippen molar-refractivity contribution in [2.45, 2.75) is 77.0 Å². The van der Waals surface area contributed by atoms with Crippen LogP contribution >= 0.6 is 0 Å². The van der Waals surface area contributed by atoms with E-state index in [4.69, 9.17) is 0 Å². The van der Waals surface area contributed by atoms with Crippen molar-refractivity contribution in [2.75, 3.05) is 0 Å². The molecule has 192 valence electrons. The number of hydrogen-bond acceptors (Lipinski definition) is 0. The third kappa shape index (κ3) is 2.02. The van der Waals surface area contributed by atoms with Gasteiger partial charge in [0.25, 0.3) is 0 Å². The second-order valence-corrected chi connectivity index (χ2v) is 15.2. The van der Waals surface area contributed by atoms with Crippen molar-refractivity contribution in [3.63, 3.8) is 0 Å². The average molecular weight is 507 g/mol. The standard InChI is InChI=1S/C36H34B2F/c1-33(2)19-11-9-12-20-27(19)37-28-21(33)15-17-25-31(28)38(39)30-23(35(25,5)6)13-10-14-24(30)36(7,8)26-18-16-22(34(20,3)4)29(37)32(26)38/h9-18H,1-8H3/q-1. The summed E-state index contributed by atoms with van der Waals surface area (Å²) in [5, 5.41) is 0. The first-order valence-electron chi connectivity index (χ1n) is 14.8. The molecule has 0 fully saturated rings. The van der Waals surface area contributed by atoms with Crippen LogP contribution in [0.4, 0.5) is 4.32 Å². The van der Waals surface area contributed by atoms with E-state index in [1.54, 1.807) is 0 Å². The molecule has 0 aromatic heterocycles. The molecule has 0 saturated carbocycles. The van der Waals surface area contributed by atoms with Crippen LogP contribution in [0.1, 0.15) is 99.9 Å². The minimum absolute atomic E-state index is 0.0938. The van der Waals surface area contributed by atoms with Crippen molar-refractivity contribution in [3.8, 4) is 0 Å². The summed E-state index contributed by atoms with van der Waals surface area (Å²) < 4.78 is 19.2. The van der Waals surface area contributed by atoms with Gasteiger partial charge in [-0.2, -0.15) is 16.4 Å². The fraction of sp³-hybridized carbons (Fsp3) is 0.333. The van der Waals surface area contributed by atoms with Crippen LogP contribution < -0.4 is 32.8 Å². The lowest BCUT2D eigenvalue weighted by atomic mass is 9.11. The molecule has 0 nitrogen and oxygen atoms in total. The molecule has 5 aliphatic heterocycles. The van der Waals surface area contributed by atoms with Gasteiger partial charge in [-0.1, -0.05) is 155 Å². The van der Waals surface area contributed by atoms with E-state index in [9.17, 15) is 0 Å². The molecule has 4 aromatic carbocycles. The highest BCUT2D eigenvalue weighted by molar-refractivity contribution is 7.19. The first-order valence-corrected chi connectivity index (χ1v) is 14.8. The molecule has 9 rings (SSSR count). The van der Waals surface area contributed by atoms with Crippen LogP contribution in [0.5, 0.6) is 0 Å². The molecule has 5 aliphatic rings. The van der Waals surface area contributed by atoms with Crippen molar-refractivity contribution < 1.29 is 4.32 Å². The summed E-state index contributed by atoms with van der Waals surface area (Å²) in [4.78, 5) is 0. The maximum atomic E-state index is 19.2. The third-order valence-electron chi connectivity index (χ3n) is 12.2. The molecular weight excluding hydrogens is 473 g/mol. The summed E-state index contributed by atoms with van der Waals surface area (Å²) in [6.07, 6.45) is -2.61. The van der Waals surface area contributed by atoms with Gasteiger partial charge in [0, 0.05) is 21.7 Å². The van der Waals surface area contributed by atoms with Crippen molar-refractivity contribution in [1.29, 1.82) is 0 Å². The summed E-state index contributed by atoms with van der Waals surface area (Å²) in [6.45, 7) is 18.8. The lowest BCUT2D eigenvalue weighted by Crippen LogP contribution is -2.89. The Balaban J connectivity index is 1.61. The van der Waals surface area contributed by atoms with Gasteiger partial charge < -0.3 is 4.32 Å². The monoisotopic (exact) mass is 507 g/mol. The highest BCUT2D eigenvalue weighted by Crippen LogP contribution is 2.48. The highest BCUT2D eigenvalue weighted by Gasteiger charge is 2.60. The van der Waals surface area contributed by atoms with Crippen LogP contribution in [0.3, 0.4) is 0 Å². The second-order valence-electron chi connectivity index (χ2n) is 15.2.